The van der Waals surface area contributed by atoms with E-state index in [0.717, 1.165) is 11.1 Å². The molecule has 0 bridgehead atoms. The van der Waals surface area contributed by atoms with Gasteiger partial charge in [-0.3, -0.25) is 0 Å². The SMILES string of the molecule is Cl.Cl.N#Cc1cccc(-c2cc(N)ccc2N)c1. The highest BCUT2D eigenvalue weighted by Crippen LogP contribution is 2.28. The number of nitrogens with two attached hydrogens (primary N) is 2. The molecule has 2 aromatic carbocycles. The quantitative estimate of drug-likeness (QED) is 0.788. The van der Waals surface area contributed by atoms with Crippen molar-refractivity contribution < 1.29 is 0 Å². The molecule has 4 N–H and O–H groups in total. The Bertz CT molecular complexity index is 577. The van der Waals surface area contributed by atoms with Crippen LogP contribution in [0.3, 0.4) is 0 Å². The van der Waals surface area contributed by atoms with Gasteiger partial charge in [0.2, 0.25) is 0 Å². The van der Waals surface area contributed by atoms with Crippen LogP contribution in [0.1, 0.15) is 5.56 Å². The second-order valence-electron chi connectivity index (χ2n) is 3.54. The molecule has 0 spiro atoms. The molecule has 0 saturated heterocycles. The molecule has 0 amide bonds. The van der Waals surface area contributed by atoms with Gasteiger partial charge in [-0.25, -0.2) is 0 Å². The van der Waals surface area contributed by atoms with Crippen LogP contribution in [0.15, 0.2) is 42.5 Å². The van der Waals surface area contributed by atoms with Crippen LogP contribution in [0.4, 0.5) is 11.4 Å². The average molecular weight is 282 g/mol. The number of hydrogen-bond acceptors (Lipinski definition) is 3. The molecule has 0 aliphatic heterocycles. The molecule has 0 unspecified atom stereocenters. The molecule has 94 valence electrons. The molecule has 0 aliphatic rings. The van der Waals surface area contributed by atoms with Crippen LogP contribution in [0.5, 0.6) is 0 Å². The molecule has 3 nitrogen and oxygen atoms in total. The molecular weight excluding hydrogens is 269 g/mol. The summed E-state index contributed by atoms with van der Waals surface area (Å²) in [7, 11) is 0. The van der Waals surface area contributed by atoms with Crippen LogP contribution in [-0.4, -0.2) is 0 Å². The van der Waals surface area contributed by atoms with Crippen molar-refractivity contribution >= 4 is 36.2 Å². The highest BCUT2D eigenvalue weighted by Gasteiger charge is 2.03. The predicted molar refractivity (Wildman–Crippen MR) is 79.9 cm³/mol. The zero-order valence-electron chi connectivity index (χ0n) is 9.46. The highest BCUT2D eigenvalue weighted by molar-refractivity contribution is 5.85. The largest absolute Gasteiger partial charge is 0.399 e. The third-order valence-corrected chi connectivity index (χ3v) is 2.38. The minimum absolute atomic E-state index is 0. The molecule has 0 saturated carbocycles. The van der Waals surface area contributed by atoms with Crippen molar-refractivity contribution in [2.24, 2.45) is 0 Å². The van der Waals surface area contributed by atoms with Gasteiger partial charge >= 0.3 is 0 Å². The number of nitrogens with zero attached hydrogens (tertiary/aromatic N) is 1. The lowest BCUT2D eigenvalue weighted by molar-refractivity contribution is 1.48. The summed E-state index contributed by atoms with van der Waals surface area (Å²) in [5.41, 5.74) is 15.3. The monoisotopic (exact) mass is 281 g/mol. The Morgan fingerprint density at radius 1 is 0.944 bits per heavy atom. The fourth-order valence-corrected chi connectivity index (χ4v) is 1.58. The van der Waals surface area contributed by atoms with E-state index in [-0.39, 0.29) is 24.8 Å². The molecule has 5 heteroatoms. The Balaban J connectivity index is 0.00000144. The third kappa shape index (κ3) is 3.30. The molecule has 0 radical (unpaired) electrons. The van der Waals surface area contributed by atoms with E-state index in [1.807, 2.05) is 18.2 Å². The Morgan fingerprint density at radius 2 is 1.67 bits per heavy atom. The van der Waals surface area contributed by atoms with Crippen LogP contribution in [0, 0.1) is 11.3 Å². The van der Waals surface area contributed by atoms with E-state index in [1.165, 1.54) is 0 Å². The number of halogens is 2. The molecule has 18 heavy (non-hydrogen) atoms. The van der Waals surface area contributed by atoms with Gasteiger partial charge in [-0.05, 0) is 35.9 Å². The minimum Gasteiger partial charge on any atom is -0.399 e. The number of rotatable bonds is 1. The van der Waals surface area contributed by atoms with Crippen molar-refractivity contribution in [1.29, 1.82) is 5.26 Å². The van der Waals surface area contributed by atoms with E-state index >= 15 is 0 Å². The fourth-order valence-electron chi connectivity index (χ4n) is 1.58. The zero-order chi connectivity index (χ0) is 11.5. The van der Waals surface area contributed by atoms with Crippen LogP contribution in [-0.2, 0) is 0 Å². The Labute approximate surface area is 118 Å². The topological polar surface area (TPSA) is 75.8 Å². The molecule has 0 aliphatic carbocycles. The lowest BCUT2D eigenvalue weighted by atomic mass is 10.0. The molecule has 0 heterocycles. The first-order valence-electron chi connectivity index (χ1n) is 4.86. The van der Waals surface area contributed by atoms with E-state index in [1.54, 1.807) is 24.3 Å². The minimum atomic E-state index is 0. The van der Waals surface area contributed by atoms with E-state index in [0.29, 0.717) is 16.9 Å². The van der Waals surface area contributed by atoms with E-state index in [2.05, 4.69) is 6.07 Å². The molecule has 2 aromatic rings. The number of benzene rings is 2. The summed E-state index contributed by atoms with van der Waals surface area (Å²) < 4.78 is 0. The van der Waals surface area contributed by atoms with E-state index < -0.39 is 0 Å². The van der Waals surface area contributed by atoms with Gasteiger partial charge < -0.3 is 11.5 Å². The average Bonchev–Trinajstić information content (AvgIpc) is 2.32. The summed E-state index contributed by atoms with van der Waals surface area (Å²) in [6, 6.07) is 14.7. The van der Waals surface area contributed by atoms with Gasteiger partial charge in [0.05, 0.1) is 11.6 Å². The van der Waals surface area contributed by atoms with Crippen molar-refractivity contribution in [2.45, 2.75) is 0 Å². The van der Waals surface area contributed by atoms with Gasteiger partial charge in [-0.1, -0.05) is 12.1 Å². The first-order chi connectivity index (χ1) is 7.70. The Morgan fingerprint density at radius 3 is 2.33 bits per heavy atom. The van der Waals surface area contributed by atoms with E-state index in [4.69, 9.17) is 16.7 Å². The molecular formula is C13H13Cl2N3. The zero-order valence-corrected chi connectivity index (χ0v) is 11.1. The van der Waals surface area contributed by atoms with Gasteiger partial charge in [-0.2, -0.15) is 5.26 Å². The smallest absolute Gasteiger partial charge is 0.0991 e. The first kappa shape index (κ1) is 16.1. The van der Waals surface area contributed by atoms with Gasteiger partial charge in [0.25, 0.3) is 0 Å². The molecule has 0 atom stereocenters. The van der Waals surface area contributed by atoms with Crippen LogP contribution < -0.4 is 11.5 Å². The van der Waals surface area contributed by atoms with Crippen molar-refractivity contribution in [3.05, 3.63) is 48.0 Å². The van der Waals surface area contributed by atoms with Crippen LogP contribution in [0.2, 0.25) is 0 Å². The Hall–Kier alpha value is -1.89. The van der Waals surface area contributed by atoms with Crippen LogP contribution >= 0.6 is 24.8 Å². The summed E-state index contributed by atoms with van der Waals surface area (Å²) in [4.78, 5) is 0. The molecule has 2 rings (SSSR count). The maximum Gasteiger partial charge on any atom is 0.0991 e. The maximum atomic E-state index is 8.83. The van der Waals surface area contributed by atoms with Crippen LogP contribution in [0.25, 0.3) is 11.1 Å². The lowest BCUT2D eigenvalue weighted by Crippen LogP contribution is -1.93. The third-order valence-electron chi connectivity index (χ3n) is 2.38. The van der Waals surface area contributed by atoms with Gasteiger partial charge in [-0.15, -0.1) is 24.8 Å². The number of nitriles is 1. The highest BCUT2D eigenvalue weighted by atomic mass is 35.5. The summed E-state index contributed by atoms with van der Waals surface area (Å²) in [5.74, 6) is 0. The van der Waals surface area contributed by atoms with Crippen molar-refractivity contribution in [3.8, 4) is 17.2 Å². The summed E-state index contributed by atoms with van der Waals surface area (Å²) in [6.07, 6.45) is 0. The summed E-state index contributed by atoms with van der Waals surface area (Å²) in [6.45, 7) is 0. The second kappa shape index (κ2) is 6.75. The fraction of sp³-hybridized carbons (Fsp3) is 0. The number of anilines is 2. The molecule has 0 fully saturated rings. The van der Waals surface area contributed by atoms with Crippen molar-refractivity contribution in [1.82, 2.24) is 0 Å². The standard InChI is InChI=1S/C13H11N3.2ClH/c14-8-9-2-1-3-10(6-9)12-7-11(15)4-5-13(12)16;;/h1-7H,15-16H2;2*1H. The van der Waals surface area contributed by atoms with Crippen molar-refractivity contribution in [2.75, 3.05) is 11.5 Å². The normalized spacial score (nSPS) is 8.61. The van der Waals surface area contributed by atoms with Gasteiger partial charge in [0, 0.05) is 16.9 Å². The maximum absolute atomic E-state index is 8.83. The predicted octanol–water partition coefficient (Wildman–Crippen LogP) is 3.23. The summed E-state index contributed by atoms with van der Waals surface area (Å²) in [5, 5.41) is 8.83. The van der Waals surface area contributed by atoms with Gasteiger partial charge in [0.1, 0.15) is 0 Å². The molecule has 0 aromatic heterocycles. The van der Waals surface area contributed by atoms with Gasteiger partial charge in [0.15, 0.2) is 0 Å². The number of hydrogen-bond donors (Lipinski definition) is 2. The number of nitrogen functional groups attached to an aromatic ring is 2. The Kier molecular flexibility index (Phi) is 6.04. The van der Waals surface area contributed by atoms with Crippen molar-refractivity contribution in [3.63, 3.8) is 0 Å². The summed E-state index contributed by atoms with van der Waals surface area (Å²) >= 11 is 0. The second-order valence-corrected chi connectivity index (χ2v) is 3.54. The first-order valence-corrected chi connectivity index (χ1v) is 4.86. The van der Waals surface area contributed by atoms with E-state index in [9.17, 15) is 0 Å². The lowest BCUT2D eigenvalue weighted by Gasteiger charge is -2.07.